The van der Waals surface area contributed by atoms with Crippen molar-refractivity contribution >= 4 is 47.2 Å². The third-order valence-corrected chi connectivity index (χ3v) is 4.96. The molecule has 1 atom stereocenters. The average Bonchev–Trinajstić information content (AvgIpc) is 3.21. The highest BCUT2D eigenvalue weighted by Crippen LogP contribution is 2.23. The minimum absolute atomic E-state index is 0. The smallest absolute Gasteiger partial charge is 0.213 e. The quantitative estimate of drug-likeness (QED) is 0.230. The summed E-state index contributed by atoms with van der Waals surface area (Å²) in [7, 11) is 3.43. The molecule has 2 heterocycles. The fraction of sp³-hybridized carbons (Fsp3) is 0.429. The van der Waals surface area contributed by atoms with Gasteiger partial charge in [0.15, 0.2) is 5.96 Å². The first-order valence-electron chi connectivity index (χ1n) is 9.72. The number of hydrogen-bond donors (Lipinski definition) is 2. The predicted octanol–water partition coefficient (Wildman–Crippen LogP) is 3.32. The van der Waals surface area contributed by atoms with Crippen LogP contribution in [0.3, 0.4) is 0 Å². The monoisotopic (exact) mass is 545 g/mol. The van der Waals surface area contributed by atoms with Gasteiger partial charge in [-0.15, -0.1) is 24.0 Å². The highest BCUT2D eigenvalue weighted by Gasteiger charge is 2.23. The number of methoxy groups -OCH3 is 1. The van der Waals surface area contributed by atoms with Crippen LogP contribution in [0.1, 0.15) is 12.0 Å². The van der Waals surface area contributed by atoms with Crippen molar-refractivity contribution in [2.24, 2.45) is 4.99 Å². The SMILES string of the molecule is CN=C(NCc1ccc(OCCOC)nc1)NC1CCN(c2cccc(Cl)c2)C1.I. The maximum atomic E-state index is 6.12. The zero-order valence-electron chi connectivity index (χ0n) is 17.3. The van der Waals surface area contributed by atoms with Gasteiger partial charge in [-0.05, 0) is 30.2 Å². The van der Waals surface area contributed by atoms with Gasteiger partial charge < -0.3 is 25.0 Å². The standard InChI is InChI=1S/C21H28ClN5O2.HI/c1-23-21(25-14-16-6-7-20(24-13-16)29-11-10-28-2)26-18-8-9-27(15-18)19-5-3-4-17(22)12-19;/h3-7,12-13,18H,8-11,14-15H2,1-2H3,(H2,23,25,26);1H. The first-order valence-corrected chi connectivity index (χ1v) is 10.1. The molecule has 30 heavy (non-hydrogen) atoms. The van der Waals surface area contributed by atoms with E-state index in [-0.39, 0.29) is 24.0 Å². The molecule has 1 aliphatic heterocycles. The number of nitrogens with one attached hydrogen (secondary N) is 2. The third-order valence-electron chi connectivity index (χ3n) is 4.72. The van der Waals surface area contributed by atoms with E-state index in [9.17, 15) is 0 Å². The van der Waals surface area contributed by atoms with Crippen LogP contribution in [0.25, 0.3) is 0 Å². The van der Waals surface area contributed by atoms with Crippen LogP contribution in [0.15, 0.2) is 47.6 Å². The summed E-state index contributed by atoms with van der Waals surface area (Å²) in [5, 5.41) is 7.61. The van der Waals surface area contributed by atoms with Crippen LogP contribution in [0.2, 0.25) is 5.02 Å². The zero-order chi connectivity index (χ0) is 20.5. The molecule has 164 valence electrons. The first kappa shape index (κ1) is 24.5. The Hall–Kier alpha value is -1.78. The van der Waals surface area contributed by atoms with Gasteiger partial charge in [0.1, 0.15) is 6.61 Å². The van der Waals surface area contributed by atoms with E-state index < -0.39 is 0 Å². The number of ether oxygens (including phenoxy) is 2. The molecule has 2 aromatic rings. The molecule has 1 aliphatic rings. The highest BCUT2D eigenvalue weighted by atomic mass is 127. The molecule has 0 spiro atoms. The van der Waals surface area contributed by atoms with Gasteiger partial charge in [-0.3, -0.25) is 4.99 Å². The summed E-state index contributed by atoms with van der Waals surface area (Å²) in [6.45, 7) is 3.57. The van der Waals surface area contributed by atoms with Gasteiger partial charge in [-0.2, -0.15) is 0 Å². The fourth-order valence-corrected chi connectivity index (χ4v) is 3.37. The van der Waals surface area contributed by atoms with Gasteiger partial charge in [-0.1, -0.05) is 23.7 Å². The van der Waals surface area contributed by atoms with Crippen molar-refractivity contribution in [3.8, 4) is 5.88 Å². The van der Waals surface area contributed by atoms with E-state index in [0.717, 1.165) is 41.7 Å². The Morgan fingerprint density at radius 2 is 2.17 bits per heavy atom. The summed E-state index contributed by atoms with van der Waals surface area (Å²) in [5.41, 5.74) is 2.21. The number of aromatic nitrogens is 1. The molecule has 1 fully saturated rings. The lowest BCUT2D eigenvalue weighted by atomic mass is 10.2. The van der Waals surface area contributed by atoms with E-state index in [1.165, 1.54) is 0 Å². The molecule has 7 nitrogen and oxygen atoms in total. The Morgan fingerprint density at radius 1 is 1.30 bits per heavy atom. The molecule has 0 saturated carbocycles. The summed E-state index contributed by atoms with van der Waals surface area (Å²) < 4.78 is 10.4. The maximum Gasteiger partial charge on any atom is 0.213 e. The molecule has 2 N–H and O–H groups in total. The van der Waals surface area contributed by atoms with Crippen LogP contribution in [-0.2, 0) is 11.3 Å². The van der Waals surface area contributed by atoms with Gasteiger partial charge in [0.05, 0.1) is 6.61 Å². The molecule has 0 bridgehead atoms. The van der Waals surface area contributed by atoms with E-state index in [0.29, 0.717) is 31.7 Å². The van der Waals surface area contributed by atoms with Gasteiger partial charge in [0, 0.05) is 62.8 Å². The van der Waals surface area contributed by atoms with Crippen molar-refractivity contribution < 1.29 is 9.47 Å². The second-order valence-corrected chi connectivity index (χ2v) is 7.26. The normalized spacial score (nSPS) is 16.2. The van der Waals surface area contributed by atoms with Crippen molar-refractivity contribution in [3.05, 3.63) is 53.2 Å². The molecule has 1 unspecified atom stereocenters. The highest BCUT2D eigenvalue weighted by molar-refractivity contribution is 14.0. The first-order chi connectivity index (χ1) is 14.2. The molecule has 0 aliphatic carbocycles. The molecule has 1 saturated heterocycles. The van der Waals surface area contributed by atoms with Crippen molar-refractivity contribution in [3.63, 3.8) is 0 Å². The largest absolute Gasteiger partial charge is 0.475 e. The van der Waals surface area contributed by atoms with Crippen molar-refractivity contribution in [1.29, 1.82) is 0 Å². The molecule has 0 radical (unpaired) electrons. The Bertz CT molecular complexity index is 806. The lowest BCUT2D eigenvalue weighted by molar-refractivity contribution is 0.143. The molecule has 1 aromatic heterocycles. The van der Waals surface area contributed by atoms with Gasteiger partial charge in [0.25, 0.3) is 0 Å². The number of aliphatic imine (C=N–C) groups is 1. The summed E-state index contributed by atoms with van der Waals surface area (Å²) in [6.07, 6.45) is 2.85. The number of rotatable bonds is 8. The number of halogens is 2. The number of hydrogen-bond acceptors (Lipinski definition) is 5. The molecular formula is C21H29ClIN5O2. The molecule has 1 aromatic carbocycles. The number of benzene rings is 1. The van der Waals surface area contributed by atoms with E-state index >= 15 is 0 Å². The zero-order valence-corrected chi connectivity index (χ0v) is 20.4. The number of anilines is 1. The lowest BCUT2D eigenvalue weighted by Gasteiger charge is -2.20. The minimum Gasteiger partial charge on any atom is -0.475 e. The van der Waals surface area contributed by atoms with Crippen LogP contribution < -0.4 is 20.3 Å². The van der Waals surface area contributed by atoms with E-state index in [2.05, 4.69) is 31.6 Å². The van der Waals surface area contributed by atoms with Crippen LogP contribution in [0.5, 0.6) is 5.88 Å². The van der Waals surface area contributed by atoms with E-state index in [1.54, 1.807) is 20.4 Å². The van der Waals surface area contributed by atoms with Crippen LogP contribution in [0, 0.1) is 0 Å². The van der Waals surface area contributed by atoms with Gasteiger partial charge in [0.2, 0.25) is 5.88 Å². The number of nitrogens with zero attached hydrogens (tertiary/aromatic N) is 3. The maximum absolute atomic E-state index is 6.12. The van der Waals surface area contributed by atoms with Gasteiger partial charge in [-0.25, -0.2) is 4.98 Å². The summed E-state index contributed by atoms with van der Waals surface area (Å²) >= 11 is 6.12. The Kier molecular flexibility index (Phi) is 10.5. The van der Waals surface area contributed by atoms with E-state index in [1.807, 2.05) is 30.3 Å². The number of pyridine rings is 1. The summed E-state index contributed by atoms with van der Waals surface area (Å²) in [6, 6.07) is 12.2. The molecule has 3 rings (SSSR count). The van der Waals surface area contributed by atoms with Crippen LogP contribution in [0.4, 0.5) is 5.69 Å². The fourth-order valence-electron chi connectivity index (χ4n) is 3.19. The summed E-state index contributed by atoms with van der Waals surface area (Å²) in [4.78, 5) is 11.0. The van der Waals surface area contributed by atoms with Gasteiger partial charge >= 0.3 is 0 Å². The number of guanidine groups is 1. The van der Waals surface area contributed by atoms with Crippen molar-refractivity contribution in [2.75, 3.05) is 45.4 Å². The van der Waals surface area contributed by atoms with Crippen LogP contribution in [-0.4, -0.2) is 57.4 Å². The Morgan fingerprint density at radius 3 is 2.87 bits per heavy atom. The molecule has 0 amide bonds. The average molecular weight is 546 g/mol. The van der Waals surface area contributed by atoms with E-state index in [4.69, 9.17) is 21.1 Å². The minimum atomic E-state index is 0. The second kappa shape index (κ2) is 12.8. The molecule has 9 heteroatoms. The van der Waals surface area contributed by atoms with Crippen molar-refractivity contribution in [2.45, 2.75) is 19.0 Å². The third kappa shape index (κ3) is 7.48. The van der Waals surface area contributed by atoms with Crippen molar-refractivity contribution in [1.82, 2.24) is 15.6 Å². The lowest BCUT2D eigenvalue weighted by Crippen LogP contribution is -2.44. The topological polar surface area (TPSA) is 71.0 Å². The van der Waals surface area contributed by atoms with Crippen LogP contribution >= 0.6 is 35.6 Å². The Balaban J connectivity index is 0.00000320. The Labute approximate surface area is 200 Å². The molecular weight excluding hydrogens is 517 g/mol. The second-order valence-electron chi connectivity index (χ2n) is 6.83. The summed E-state index contributed by atoms with van der Waals surface area (Å²) in [5.74, 6) is 1.38. The predicted molar refractivity (Wildman–Crippen MR) is 132 cm³/mol.